The number of ether oxygens (including phenoxy) is 1. The van der Waals surface area contributed by atoms with Gasteiger partial charge in [-0.2, -0.15) is 0 Å². The monoisotopic (exact) mass is 321 g/mol. The zero-order chi connectivity index (χ0) is 17.2. The first-order valence-corrected chi connectivity index (χ1v) is 7.67. The van der Waals surface area contributed by atoms with E-state index in [1.807, 2.05) is 26.8 Å². The van der Waals surface area contributed by atoms with Gasteiger partial charge in [-0.05, 0) is 45.4 Å². The highest BCUT2D eigenvalue weighted by Gasteiger charge is 2.34. The lowest BCUT2D eigenvalue weighted by molar-refractivity contribution is 0.00818. The number of halogens is 1. The highest BCUT2D eigenvalue weighted by atomic mass is 19.1. The molecule has 1 fully saturated rings. The molecule has 0 aromatic heterocycles. The third-order valence-corrected chi connectivity index (χ3v) is 3.65. The number of hydrogen-bond donors (Lipinski definition) is 1. The molecule has 126 valence electrons. The Morgan fingerprint density at radius 3 is 2.57 bits per heavy atom. The van der Waals surface area contributed by atoms with E-state index in [-0.39, 0.29) is 17.8 Å². The van der Waals surface area contributed by atoms with E-state index in [0.29, 0.717) is 24.6 Å². The number of aliphatic imine (C=N–C) groups is 1. The number of amidine groups is 1. The van der Waals surface area contributed by atoms with Crippen LogP contribution in [0.2, 0.25) is 0 Å². The lowest BCUT2D eigenvalue weighted by atomic mass is 9.91. The molecular formula is C17H24FN3O2. The molecule has 0 radical (unpaired) electrons. The number of nitrogens with one attached hydrogen (secondary N) is 1. The molecule has 0 unspecified atom stereocenters. The largest absolute Gasteiger partial charge is 0.444 e. The highest BCUT2D eigenvalue weighted by Crippen LogP contribution is 2.30. The van der Waals surface area contributed by atoms with Gasteiger partial charge in [-0.25, -0.2) is 9.18 Å². The molecule has 1 aromatic carbocycles. The van der Waals surface area contributed by atoms with Gasteiger partial charge in [0.15, 0.2) is 0 Å². The fraction of sp³-hybridized carbons (Fsp3) is 0.529. The van der Waals surface area contributed by atoms with Crippen molar-refractivity contribution in [1.82, 2.24) is 4.90 Å². The van der Waals surface area contributed by atoms with E-state index in [1.165, 1.54) is 6.07 Å². The van der Waals surface area contributed by atoms with Crippen molar-refractivity contribution in [3.63, 3.8) is 0 Å². The summed E-state index contributed by atoms with van der Waals surface area (Å²) < 4.78 is 19.4. The molecule has 1 aliphatic heterocycles. The van der Waals surface area contributed by atoms with Crippen molar-refractivity contribution in [3.05, 3.63) is 29.6 Å². The van der Waals surface area contributed by atoms with E-state index < -0.39 is 5.60 Å². The summed E-state index contributed by atoms with van der Waals surface area (Å²) in [6, 6.07) is 5.10. The van der Waals surface area contributed by atoms with Crippen molar-refractivity contribution in [3.8, 4) is 0 Å². The van der Waals surface area contributed by atoms with E-state index in [4.69, 9.17) is 4.74 Å². The van der Waals surface area contributed by atoms with E-state index >= 15 is 0 Å². The number of rotatable bonds is 2. The second kappa shape index (κ2) is 6.56. The second-order valence-corrected chi connectivity index (χ2v) is 6.76. The number of nitrogens with zero attached hydrogens (tertiary/aromatic N) is 2. The summed E-state index contributed by atoms with van der Waals surface area (Å²) in [5, 5.41) is 2.91. The Morgan fingerprint density at radius 1 is 1.39 bits per heavy atom. The van der Waals surface area contributed by atoms with Crippen LogP contribution in [0.3, 0.4) is 0 Å². The number of amides is 1. The molecule has 0 saturated carbocycles. The molecule has 0 bridgehead atoms. The minimum Gasteiger partial charge on any atom is -0.444 e. The number of likely N-dealkylation sites (tertiary alicyclic amines) is 1. The van der Waals surface area contributed by atoms with Gasteiger partial charge in [-0.1, -0.05) is 6.07 Å². The van der Waals surface area contributed by atoms with Gasteiger partial charge < -0.3 is 15.0 Å². The maximum Gasteiger partial charge on any atom is 0.410 e. The number of anilines is 1. The average molecular weight is 321 g/mol. The normalized spacial score (nSPS) is 16.1. The number of carbonyl (C=O) groups is 1. The molecule has 2 rings (SSSR count). The lowest BCUT2D eigenvalue weighted by Gasteiger charge is -2.40. The van der Waals surface area contributed by atoms with E-state index in [9.17, 15) is 9.18 Å². The Bertz CT molecular complexity index is 617. The lowest BCUT2D eigenvalue weighted by Crippen LogP contribution is -2.50. The summed E-state index contributed by atoms with van der Waals surface area (Å²) in [7, 11) is 1.65. The Labute approximate surface area is 136 Å². The summed E-state index contributed by atoms with van der Waals surface area (Å²) >= 11 is 0. The minimum atomic E-state index is -0.500. The third kappa shape index (κ3) is 4.43. The van der Waals surface area contributed by atoms with Gasteiger partial charge in [0.25, 0.3) is 0 Å². The molecule has 1 saturated heterocycles. The molecule has 1 N–H and O–H groups in total. The van der Waals surface area contributed by atoms with Crippen molar-refractivity contribution in [2.75, 3.05) is 25.5 Å². The van der Waals surface area contributed by atoms with E-state index in [0.717, 1.165) is 5.56 Å². The predicted octanol–water partition coefficient (Wildman–Crippen LogP) is 3.62. The van der Waals surface area contributed by atoms with Crippen molar-refractivity contribution in [2.45, 2.75) is 39.2 Å². The van der Waals surface area contributed by atoms with Crippen LogP contribution in [0.5, 0.6) is 0 Å². The van der Waals surface area contributed by atoms with E-state index in [1.54, 1.807) is 24.9 Å². The van der Waals surface area contributed by atoms with Crippen LogP contribution in [-0.4, -0.2) is 42.6 Å². The fourth-order valence-corrected chi connectivity index (χ4v) is 2.30. The van der Waals surface area contributed by atoms with E-state index in [2.05, 4.69) is 10.3 Å². The summed E-state index contributed by atoms with van der Waals surface area (Å²) in [6.45, 7) is 8.39. The smallest absolute Gasteiger partial charge is 0.410 e. The molecule has 1 heterocycles. The first-order chi connectivity index (χ1) is 10.7. The van der Waals surface area contributed by atoms with Gasteiger partial charge in [0, 0.05) is 26.1 Å². The number of hydrogen-bond acceptors (Lipinski definition) is 3. The van der Waals surface area contributed by atoms with Crippen LogP contribution in [0.25, 0.3) is 0 Å². The molecule has 0 atom stereocenters. The zero-order valence-corrected chi connectivity index (χ0v) is 14.3. The average Bonchev–Trinajstić information content (AvgIpc) is 2.37. The Balaban J connectivity index is 1.95. The molecular weight excluding hydrogens is 297 g/mol. The van der Waals surface area contributed by atoms with Crippen LogP contribution in [0.4, 0.5) is 14.9 Å². The van der Waals surface area contributed by atoms with Gasteiger partial charge in [-0.3, -0.25) is 4.99 Å². The molecule has 1 aromatic rings. The Morgan fingerprint density at radius 2 is 2.04 bits per heavy atom. The van der Waals surface area contributed by atoms with Crippen LogP contribution in [0.1, 0.15) is 39.2 Å². The molecule has 23 heavy (non-hydrogen) atoms. The van der Waals surface area contributed by atoms with Gasteiger partial charge in [0.05, 0.1) is 11.5 Å². The quantitative estimate of drug-likeness (QED) is 0.668. The van der Waals surface area contributed by atoms with Crippen LogP contribution in [0.15, 0.2) is 23.2 Å². The first kappa shape index (κ1) is 17.2. The molecule has 0 aliphatic carbocycles. The predicted molar refractivity (Wildman–Crippen MR) is 89.6 cm³/mol. The molecule has 1 amide bonds. The van der Waals surface area contributed by atoms with Crippen molar-refractivity contribution in [1.29, 1.82) is 0 Å². The fourth-order valence-electron chi connectivity index (χ4n) is 2.30. The maximum absolute atomic E-state index is 14.1. The van der Waals surface area contributed by atoms with Crippen LogP contribution in [-0.2, 0) is 4.74 Å². The summed E-state index contributed by atoms with van der Waals surface area (Å²) in [4.78, 5) is 17.5. The summed E-state index contributed by atoms with van der Waals surface area (Å²) in [5.41, 5.74) is 0.791. The van der Waals surface area contributed by atoms with Crippen LogP contribution in [0, 0.1) is 5.82 Å². The van der Waals surface area contributed by atoms with Crippen molar-refractivity contribution >= 4 is 17.6 Å². The zero-order valence-electron chi connectivity index (χ0n) is 14.3. The van der Waals surface area contributed by atoms with Gasteiger partial charge in [0.1, 0.15) is 11.4 Å². The standard InChI is InChI=1S/C17H24FN3O2/c1-11(19-5)20-15-7-6-12(8-14(15)18)13-9-21(10-13)16(22)23-17(2,3)4/h6-8,13H,9-10H2,1-5H3,(H,19,20). The van der Waals surface area contributed by atoms with Crippen molar-refractivity contribution in [2.24, 2.45) is 4.99 Å². The summed E-state index contributed by atoms with van der Waals surface area (Å²) in [5.74, 6) is 0.477. The summed E-state index contributed by atoms with van der Waals surface area (Å²) in [6.07, 6.45) is -0.317. The topological polar surface area (TPSA) is 53.9 Å². The molecule has 6 heteroatoms. The Hall–Kier alpha value is -2.11. The second-order valence-electron chi connectivity index (χ2n) is 6.76. The van der Waals surface area contributed by atoms with Crippen LogP contribution >= 0.6 is 0 Å². The van der Waals surface area contributed by atoms with Gasteiger partial charge >= 0.3 is 6.09 Å². The van der Waals surface area contributed by atoms with Crippen molar-refractivity contribution < 1.29 is 13.9 Å². The third-order valence-electron chi connectivity index (χ3n) is 3.65. The number of carbonyl (C=O) groups excluding carboxylic acids is 1. The minimum absolute atomic E-state index is 0.145. The first-order valence-electron chi connectivity index (χ1n) is 7.67. The maximum atomic E-state index is 14.1. The molecule has 0 spiro atoms. The molecule has 5 nitrogen and oxygen atoms in total. The molecule has 1 aliphatic rings. The van der Waals surface area contributed by atoms with Crippen LogP contribution < -0.4 is 5.32 Å². The Kier molecular flexibility index (Phi) is 4.92. The number of benzene rings is 1. The highest BCUT2D eigenvalue weighted by molar-refractivity contribution is 5.93. The SMILES string of the molecule is CN=C(C)Nc1ccc(C2CN(C(=O)OC(C)(C)C)C2)cc1F. The van der Waals surface area contributed by atoms with Gasteiger partial charge in [-0.15, -0.1) is 0 Å². The van der Waals surface area contributed by atoms with Gasteiger partial charge in [0.2, 0.25) is 0 Å².